The second kappa shape index (κ2) is 9.43. The SMILES string of the molecule is COc1ccccc1N1CCN(C(=O)CN(CCN(C)C)C(C)=O)CC1. The molecule has 1 aliphatic heterocycles. The first-order valence-electron chi connectivity index (χ1n) is 8.98. The number of amides is 2. The van der Waals surface area contributed by atoms with Crippen molar-refractivity contribution in [3.8, 4) is 5.75 Å². The molecule has 144 valence electrons. The molecule has 0 aromatic heterocycles. The van der Waals surface area contributed by atoms with Gasteiger partial charge < -0.3 is 24.3 Å². The van der Waals surface area contributed by atoms with E-state index in [-0.39, 0.29) is 18.4 Å². The van der Waals surface area contributed by atoms with E-state index in [0.717, 1.165) is 31.1 Å². The van der Waals surface area contributed by atoms with Crippen molar-refractivity contribution in [1.29, 1.82) is 0 Å². The third kappa shape index (κ3) is 5.36. The third-order valence-corrected chi connectivity index (χ3v) is 4.65. The molecule has 0 bridgehead atoms. The van der Waals surface area contributed by atoms with E-state index in [1.165, 1.54) is 6.92 Å². The molecule has 0 saturated carbocycles. The third-order valence-electron chi connectivity index (χ3n) is 4.65. The Bertz CT molecular complexity index is 613. The number of nitrogens with zero attached hydrogens (tertiary/aromatic N) is 4. The molecule has 1 aromatic rings. The molecule has 0 unspecified atom stereocenters. The average molecular weight is 362 g/mol. The Balaban J connectivity index is 1.90. The second-order valence-electron chi connectivity index (χ2n) is 6.78. The number of likely N-dealkylation sites (N-methyl/N-ethyl adjacent to an activating group) is 1. The molecular formula is C19H30N4O3. The molecule has 0 atom stereocenters. The van der Waals surface area contributed by atoms with Crippen LogP contribution in [-0.4, -0.2) is 93.5 Å². The Labute approximate surface area is 156 Å². The highest BCUT2D eigenvalue weighted by molar-refractivity contribution is 5.84. The van der Waals surface area contributed by atoms with Crippen LogP contribution >= 0.6 is 0 Å². The molecule has 7 nitrogen and oxygen atoms in total. The van der Waals surface area contributed by atoms with Gasteiger partial charge in [-0.05, 0) is 26.2 Å². The highest BCUT2D eigenvalue weighted by atomic mass is 16.5. The van der Waals surface area contributed by atoms with Crippen molar-refractivity contribution in [3.63, 3.8) is 0 Å². The number of anilines is 1. The van der Waals surface area contributed by atoms with Crippen molar-refractivity contribution in [2.24, 2.45) is 0 Å². The van der Waals surface area contributed by atoms with E-state index in [0.29, 0.717) is 19.6 Å². The maximum atomic E-state index is 12.6. The van der Waals surface area contributed by atoms with Crippen LogP contribution in [0.5, 0.6) is 5.75 Å². The number of benzene rings is 1. The van der Waals surface area contributed by atoms with Gasteiger partial charge in [0.2, 0.25) is 11.8 Å². The lowest BCUT2D eigenvalue weighted by atomic mass is 10.2. The van der Waals surface area contributed by atoms with Crippen LogP contribution in [0.15, 0.2) is 24.3 Å². The summed E-state index contributed by atoms with van der Waals surface area (Å²) in [5, 5.41) is 0. The van der Waals surface area contributed by atoms with E-state index in [1.807, 2.05) is 48.2 Å². The van der Waals surface area contributed by atoms with E-state index < -0.39 is 0 Å². The predicted molar refractivity (Wildman–Crippen MR) is 103 cm³/mol. The Morgan fingerprint density at radius 1 is 1.08 bits per heavy atom. The van der Waals surface area contributed by atoms with Crippen molar-refractivity contribution in [1.82, 2.24) is 14.7 Å². The van der Waals surface area contributed by atoms with Crippen LogP contribution in [-0.2, 0) is 9.59 Å². The summed E-state index contributed by atoms with van der Waals surface area (Å²) in [6.45, 7) is 5.78. The minimum atomic E-state index is -0.0622. The number of ether oxygens (including phenoxy) is 1. The zero-order valence-electron chi connectivity index (χ0n) is 16.3. The van der Waals surface area contributed by atoms with E-state index in [4.69, 9.17) is 4.74 Å². The molecule has 1 saturated heterocycles. The lowest BCUT2D eigenvalue weighted by Crippen LogP contribution is -2.52. The number of para-hydroxylation sites is 2. The van der Waals surface area contributed by atoms with Gasteiger partial charge in [0.15, 0.2) is 0 Å². The lowest BCUT2D eigenvalue weighted by Gasteiger charge is -2.37. The number of carbonyl (C=O) groups is 2. The molecule has 0 spiro atoms. The quantitative estimate of drug-likeness (QED) is 0.717. The summed E-state index contributed by atoms with van der Waals surface area (Å²) < 4.78 is 5.43. The first-order valence-corrected chi connectivity index (χ1v) is 8.98. The van der Waals surface area contributed by atoms with E-state index in [1.54, 1.807) is 12.0 Å². The largest absolute Gasteiger partial charge is 0.495 e. The summed E-state index contributed by atoms with van der Waals surface area (Å²) >= 11 is 0. The van der Waals surface area contributed by atoms with Crippen LogP contribution in [0.4, 0.5) is 5.69 Å². The minimum absolute atomic E-state index is 0.0126. The first-order chi connectivity index (χ1) is 12.4. The van der Waals surface area contributed by atoms with Gasteiger partial charge in [0, 0.05) is 46.2 Å². The van der Waals surface area contributed by atoms with Crippen LogP contribution in [0.2, 0.25) is 0 Å². The summed E-state index contributed by atoms with van der Waals surface area (Å²) in [6.07, 6.45) is 0. The molecule has 0 aliphatic carbocycles. The molecule has 1 aliphatic rings. The minimum Gasteiger partial charge on any atom is -0.495 e. The second-order valence-corrected chi connectivity index (χ2v) is 6.78. The number of piperazine rings is 1. The fourth-order valence-corrected chi connectivity index (χ4v) is 3.02. The maximum absolute atomic E-state index is 12.6. The number of rotatable bonds is 7. The highest BCUT2D eigenvalue weighted by Crippen LogP contribution is 2.28. The van der Waals surface area contributed by atoms with Crippen LogP contribution in [0.3, 0.4) is 0 Å². The van der Waals surface area contributed by atoms with Crippen molar-refractivity contribution >= 4 is 17.5 Å². The van der Waals surface area contributed by atoms with Gasteiger partial charge in [-0.15, -0.1) is 0 Å². The Hall–Kier alpha value is -2.28. The molecule has 2 rings (SSSR count). The Morgan fingerprint density at radius 3 is 2.31 bits per heavy atom. The zero-order valence-corrected chi connectivity index (χ0v) is 16.3. The summed E-state index contributed by atoms with van der Waals surface area (Å²) in [5.41, 5.74) is 1.05. The van der Waals surface area contributed by atoms with Crippen LogP contribution in [0.25, 0.3) is 0 Å². The first kappa shape index (κ1) is 20.0. The number of hydrogen-bond donors (Lipinski definition) is 0. The van der Waals surface area contributed by atoms with Crippen molar-refractivity contribution in [2.45, 2.75) is 6.92 Å². The van der Waals surface area contributed by atoms with Gasteiger partial charge in [-0.2, -0.15) is 0 Å². The van der Waals surface area contributed by atoms with Crippen molar-refractivity contribution < 1.29 is 14.3 Å². The topological polar surface area (TPSA) is 56.3 Å². The normalized spacial score (nSPS) is 14.5. The monoisotopic (exact) mass is 362 g/mol. The van der Waals surface area contributed by atoms with Crippen LogP contribution in [0.1, 0.15) is 6.92 Å². The highest BCUT2D eigenvalue weighted by Gasteiger charge is 2.24. The van der Waals surface area contributed by atoms with Crippen molar-refractivity contribution in [3.05, 3.63) is 24.3 Å². The lowest BCUT2D eigenvalue weighted by molar-refractivity contribution is -0.139. The zero-order chi connectivity index (χ0) is 19.1. The van der Waals surface area contributed by atoms with Crippen molar-refractivity contribution in [2.75, 3.05) is 71.9 Å². The van der Waals surface area contributed by atoms with E-state index >= 15 is 0 Å². The summed E-state index contributed by atoms with van der Waals surface area (Å²) in [4.78, 5) is 32.1. The van der Waals surface area contributed by atoms with Gasteiger partial charge in [-0.1, -0.05) is 12.1 Å². The molecule has 2 amide bonds. The standard InChI is InChI=1S/C19H30N4O3/c1-16(24)23(10-9-20(2)3)15-19(25)22-13-11-21(12-14-22)17-7-5-6-8-18(17)26-4/h5-8H,9-15H2,1-4H3. The molecule has 7 heteroatoms. The molecule has 0 N–H and O–H groups in total. The average Bonchev–Trinajstić information content (AvgIpc) is 2.64. The van der Waals surface area contributed by atoms with Gasteiger partial charge in [0.25, 0.3) is 0 Å². The molecule has 1 aromatic carbocycles. The molecule has 26 heavy (non-hydrogen) atoms. The predicted octanol–water partition coefficient (Wildman–Crippen LogP) is 0.754. The van der Waals surface area contributed by atoms with Gasteiger partial charge in [-0.3, -0.25) is 9.59 Å². The molecular weight excluding hydrogens is 332 g/mol. The molecule has 0 radical (unpaired) electrons. The fourth-order valence-electron chi connectivity index (χ4n) is 3.02. The molecule has 1 fully saturated rings. The van der Waals surface area contributed by atoms with Gasteiger partial charge in [0.1, 0.15) is 5.75 Å². The Kier molecular flexibility index (Phi) is 7.26. The number of hydrogen-bond acceptors (Lipinski definition) is 5. The van der Waals surface area contributed by atoms with Crippen LogP contribution < -0.4 is 9.64 Å². The maximum Gasteiger partial charge on any atom is 0.242 e. The smallest absolute Gasteiger partial charge is 0.242 e. The van der Waals surface area contributed by atoms with Gasteiger partial charge in [-0.25, -0.2) is 0 Å². The number of carbonyl (C=O) groups excluding carboxylic acids is 2. The molecule has 1 heterocycles. The fraction of sp³-hybridized carbons (Fsp3) is 0.579. The number of methoxy groups -OCH3 is 1. The summed E-state index contributed by atoms with van der Waals surface area (Å²) in [5.74, 6) is 0.796. The summed E-state index contributed by atoms with van der Waals surface area (Å²) in [6, 6.07) is 7.93. The summed E-state index contributed by atoms with van der Waals surface area (Å²) in [7, 11) is 5.58. The van der Waals surface area contributed by atoms with Crippen LogP contribution in [0, 0.1) is 0 Å². The van der Waals surface area contributed by atoms with E-state index in [9.17, 15) is 9.59 Å². The van der Waals surface area contributed by atoms with Gasteiger partial charge >= 0.3 is 0 Å². The van der Waals surface area contributed by atoms with E-state index in [2.05, 4.69) is 4.90 Å². The Morgan fingerprint density at radius 2 is 1.73 bits per heavy atom. The van der Waals surface area contributed by atoms with Gasteiger partial charge in [0.05, 0.1) is 19.3 Å².